The fourth-order valence-corrected chi connectivity index (χ4v) is 3.83. The van der Waals surface area contributed by atoms with Gasteiger partial charge in [0.1, 0.15) is 0 Å². The third-order valence-corrected chi connectivity index (χ3v) is 6.43. The summed E-state index contributed by atoms with van der Waals surface area (Å²) in [5.41, 5.74) is 0. The Morgan fingerprint density at radius 3 is 0.562 bits per heavy atom. The molecular weight excluding hydrogens is 884 g/mol. The minimum atomic E-state index is -3.07. The molecule has 0 aliphatic carbocycles. The Labute approximate surface area is 364 Å². The first kappa shape index (κ1) is 69.9. The van der Waals surface area contributed by atoms with E-state index >= 15 is 0 Å². The third-order valence-electron chi connectivity index (χ3n) is 2.14. The Hall–Kier alpha value is 4.00. The first-order valence-corrected chi connectivity index (χ1v) is 18.1. The van der Waals surface area contributed by atoms with Crippen molar-refractivity contribution in [3.63, 3.8) is 0 Å². The Morgan fingerprint density at radius 2 is 0.479 bits per heavy atom. The van der Waals surface area contributed by atoms with Crippen molar-refractivity contribution in [2.24, 2.45) is 0 Å². The van der Waals surface area contributed by atoms with Crippen LogP contribution in [0.3, 0.4) is 0 Å². The molecule has 256 valence electrons. The van der Waals surface area contributed by atoms with E-state index in [4.69, 9.17) is 21.0 Å². The number of rotatable bonds is 20. The summed E-state index contributed by atoms with van der Waals surface area (Å²) in [6.07, 6.45) is -4.97. The summed E-state index contributed by atoms with van der Waals surface area (Å²) in [6, 6.07) is 0. The standard InChI is InChI=1S/4C2H4O7P2.4Na/c4*1-2(7-10(4)5)8-11(6)9-3;;;;/h4*2H,1H3;;;;/q;;;;4*+1/p+4. The van der Waals surface area contributed by atoms with Gasteiger partial charge in [-0.3, -0.25) is 0 Å². The van der Waals surface area contributed by atoms with Crippen LogP contribution in [0.2, 0.25) is 0 Å². The molecule has 0 spiro atoms. The second-order valence-electron chi connectivity index (χ2n) is 5.23. The second-order valence-corrected chi connectivity index (χ2v) is 11.1. The van der Waals surface area contributed by atoms with E-state index in [0.717, 1.165) is 0 Å². The summed E-state index contributed by atoms with van der Waals surface area (Å²) in [5, 5.41) is 30.8. The van der Waals surface area contributed by atoms with Gasteiger partial charge in [-0.15, -0.1) is 18.1 Å². The molecule has 12 unspecified atom stereocenters. The molecule has 0 aliphatic rings. The molecule has 0 amide bonds. The summed E-state index contributed by atoms with van der Waals surface area (Å²) >= 11 is 0. The maximum absolute atomic E-state index is 10.2. The number of hydrogen-bond donors (Lipinski definition) is 4. The van der Waals surface area contributed by atoms with Crippen molar-refractivity contribution in [3.8, 4) is 0 Å². The van der Waals surface area contributed by atoms with Crippen LogP contribution in [0.15, 0.2) is 0 Å². The average Bonchev–Trinajstić information content (AvgIpc) is 2.87. The van der Waals surface area contributed by atoms with Crippen LogP contribution in [-0.2, 0) is 91.4 Å². The van der Waals surface area contributed by atoms with Crippen molar-refractivity contribution >= 4 is 66.0 Å². The van der Waals surface area contributed by atoms with Crippen LogP contribution in [0.1, 0.15) is 27.7 Å². The first-order chi connectivity index (χ1) is 20.2. The maximum atomic E-state index is 10.2. The van der Waals surface area contributed by atoms with Gasteiger partial charge < -0.3 is 19.6 Å². The van der Waals surface area contributed by atoms with Crippen molar-refractivity contribution in [1.29, 1.82) is 0 Å². The second kappa shape index (κ2) is 47.2. The zero-order valence-electron chi connectivity index (χ0n) is 25.5. The van der Waals surface area contributed by atoms with Crippen LogP contribution in [0.4, 0.5) is 0 Å². The van der Waals surface area contributed by atoms with E-state index in [0.29, 0.717) is 0 Å². The summed E-state index contributed by atoms with van der Waals surface area (Å²) in [7, 11) is -23.2. The van der Waals surface area contributed by atoms with Crippen LogP contribution < -0.4 is 138 Å². The third kappa shape index (κ3) is 62.0. The zero-order chi connectivity index (χ0) is 35.4. The minimum Gasteiger partial charge on any atom is -0.566 e. The van der Waals surface area contributed by atoms with Gasteiger partial charge >= 0.3 is 184 Å². The quantitative estimate of drug-likeness (QED) is 0.0290. The Morgan fingerprint density at radius 1 is 0.354 bits per heavy atom. The van der Waals surface area contributed by atoms with Crippen molar-refractivity contribution in [2.75, 3.05) is 0 Å². The van der Waals surface area contributed by atoms with Crippen molar-refractivity contribution in [1.82, 2.24) is 0 Å². The largest absolute Gasteiger partial charge is 1.00 e. The van der Waals surface area contributed by atoms with Crippen LogP contribution >= 0.6 is 66.0 Å². The Bertz CT molecular complexity index is 790. The molecular formula is C8H20Na4O28P8+8. The van der Waals surface area contributed by atoms with Crippen molar-refractivity contribution in [2.45, 2.75) is 52.9 Å². The van der Waals surface area contributed by atoms with Gasteiger partial charge in [-0.05, 0) is 46.0 Å². The molecule has 0 radical (unpaired) electrons. The molecule has 0 fully saturated rings. The molecule has 0 bridgehead atoms. The molecule has 28 nitrogen and oxygen atoms in total. The first-order valence-electron chi connectivity index (χ1n) is 9.31. The minimum absolute atomic E-state index is 0. The molecule has 12 atom stereocenters. The monoisotopic (exact) mass is 904 g/mol. The van der Waals surface area contributed by atoms with E-state index in [2.05, 4.69) is 54.9 Å². The SMILES string of the molecule is CC(O[P+](=O)[O-])O[P+](=O)OO.CC(O[P+](=O)[O-])O[P+](=O)OO.CC(O[P+](=O)[O-])O[P+](=O)OO.CC(O[P+](=O)[O-])O[P+](=O)OO.[Na+].[Na+].[Na+].[Na+]. The molecule has 0 saturated carbocycles. The smallest absolute Gasteiger partial charge is 0.566 e. The molecule has 4 N–H and O–H groups in total. The van der Waals surface area contributed by atoms with E-state index in [-0.39, 0.29) is 118 Å². The fourth-order valence-electron chi connectivity index (χ4n) is 1.12. The summed E-state index contributed by atoms with van der Waals surface area (Å²) in [6.45, 7) is 4.71. The van der Waals surface area contributed by atoms with Gasteiger partial charge in [0, 0.05) is 18.3 Å². The van der Waals surface area contributed by atoms with E-state index in [1.54, 1.807) is 0 Å². The predicted octanol–water partition coefficient (Wildman–Crippen LogP) is -9.86. The number of hydrogen-bond acceptors (Lipinski definition) is 28. The van der Waals surface area contributed by atoms with Gasteiger partial charge in [-0.1, -0.05) is 18.1 Å². The molecule has 0 saturated heterocycles. The molecule has 0 aliphatic heterocycles. The van der Waals surface area contributed by atoms with Gasteiger partial charge in [-0.2, -0.15) is 0 Å². The van der Waals surface area contributed by atoms with E-state index < -0.39 is 91.2 Å². The van der Waals surface area contributed by atoms with Crippen LogP contribution in [0.25, 0.3) is 0 Å². The average molecular weight is 904 g/mol. The summed E-state index contributed by atoms with van der Waals surface area (Å²) in [4.78, 5) is 39.3. The normalized spacial score (nSPS) is 14.6. The molecule has 0 aromatic rings. The van der Waals surface area contributed by atoms with E-state index in [1.807, 2.05) is 0 Å². The van der Waals surface area contributed by atoms with Gasteiger partial charge in [0.2, 0.25) is 0 Å². The molecule has 0 aromatic carbocycles. The van der Waals surface area contributed by atoms with Crippen molar-refractivity contribution < 1.29 is 250 Å². The Kier molecular flexibility index (Phi) is 68.6. The van der Waals surface area contributed by atoms with Crippen LogP contribution in [0, 0.1) is 0 Å². The Balaban J connectivity index is -0.0000000721. The van der Waals surface area contributed by atoms with Crippen LogP contribution in [0.5, 0.6) is 0 Å². The van der Waals surface area contributed by atoms with Crippen molar-refractivity contribution in [3.05, 3.63) is 0 Å². The van der Waals surface area contributed by atoms with Gasteiger partial charge in [-0.25, -0.2) is 21.0 Å². The fraction of sp³-hybridized carbons (Fsp3) is 1.00. The topological polar surface area (TPSA) is 420 Å². The van der Waals surface area contributed by atoms with Gasteiger partial charge in [0.25, 0.3) is 25.2 Å². The van der Waals surface area contributed by atoms with E-state index in [1.165, 1.54) is 27.7 Å². The van der Waals surface area contributed by atoms with E-state index in [9.17, 15) is 56.1 Å². The maximum Gasteiger partial charge on any atom is 1.00 e. The molecule has 40 heteroatoms. The summed E-state index contributed by atoms with van der Waals surface area (Å²) < 4.78 is 125. The zero-order valence-corrected chi connectivity index (χ0v) is 40.6. The molecule has 0 aromatic heterocycles. The molecule has 48 heavy (non-hydrogen) atoms. The van der Waals surface area contributed by atoms with Gasteiger partial charge in [0.15, 0.2) is 0 Å². The van der Waals surface area contributed by atoms with Crippen LogP contribution in [-0.4, -0.2) is 46.2 Å². The predicted molar refractivity (Wildman–Crippen MR) is 122 cm³/mol. The van der Waals surface area contributed by atoms with Gasteiger partial charge in [0.05, 0.1) is 18.7 Å². The molecule has 0 rings (SSSR count). The summed E-state index contributed by atoms with van der Waals surface area (Å²) in [5.74, 6) is 0. The molecule has 0 heterocycles.